The van der Waals surface area contributed by atoms with Crippen molar-refractivity contribution >= 4 is 27.5 Å². The summed E-state index contributed by atoms with van der Waals surface area (Å²) >= 11 is 9.48. The van der Waals surface area contributed by atoms with Crippen molar-refractivity contribution in [3.63, 3.8) is 0 Å². The van der Waals surface area contributed by atoms with Gasteiger partial charge in [0, 0.05) is 4.47 Å². The van der Waals surface area contributed by atoms with Gasteiger partial charge in [0.15, 0.2) is 0 Å². The second-order valence-electron chi connectivity index (χ2n) is 5.80. The molecule has 0 aliphatic heterocycles. The molecule has 1 aromatic rings. The summed E-state index contributed by atoms with van der Waals surface area (Å²) in [4.78, 5) is 0. The number of halogens is 2. The van der Waals surface area contributed by atoms with Gasteiger partial charge in [-0.1, -0.05) is 31.5 Å². The van der Waals surface area contributed by atoms with E-state index < -0.39 is 0 Å². The van der Waals surface area contributed by atoms with Gasteiger partial charge in [-0.3, -0.25) is 0 Å². The highest BCUT2D eigenvalue weighted by molar-refractivity contribution is 9.10. The molecule has 3 heteroatoms. The van der Waals surface area contributed by atoms with E-state index in [1.165, 1.54) is 6.42 Å². The Bertz CT molecular complexity index is 411. The Hall–Kier alpha value is -0.0500. The SMILES string of the molecule is CC1CC(C)CC(C(O)c2ccc(Br)c(Cl)c2)C1. The fourth-order valence-corrected chi connectivity index (χ4v) is 3.67. The highest BCUT2D eigenvalue weighted by atomic mass is 79.9. The summed E-state index contributed by atoms with van der Waals surface area (Å²) in [6.07, 6.45) is 3.11. The maximum absolute atomic E-state index is 10.5. The first kappa shape index (κ1) is 14.4. The second kappa shape index (κ2) is 5.94. The number of aliphatic hydroxyl groups excluding tert-OH is 1. The van der Waals surface area contributed by atoms with Crippen LogP contribution in [-0.2, 0) is 0 Å². The van der Waals surface area contributed by atoms with Crippen molar-refractivity contribution in [3.8, 4) is 0 Å². The average molecular weight is 332 g/mol. The lowest BCUT2D eigenvalue weighted by Gasteiger charge is -2.34. The van der Waals surface area contributed by atoms with E-state index in [1.807, 2.05) is 18.2 Å². The maximum atomic E-state index is 10.5. The molecule has 0 aromatic heterocycles. The van der Waals surface area contributed by atoms with Crippen LogP contribution in [0, 0.1) is 17.8 Å². The van der Waals surface area contributed by atoms with Gasteiger partial charge in [-0.15, -0.1) is 0 Å². The Morgan fingerprint density at radius 3 is 2.39 bits per heavy atom. The third-order valence-corrected chi connectivity index (χ3v) is 5.18. The van der Waals surface area contributed by atoms with Gasteiger partial charge in [0.25, 0.3) is 0 Å². The quantitative estimate of drug-likeness (QED) is 0.789. The van der Waals surface area contributed by atoms with Crippen molar-refractivity contribution in [2.75, 3.05) is 0 Å². The van der Waals surface area contributed by atoms with Crippen LogP contribution < -0.4 is 0 Å². The molecule has 1 fully saturated rings. The summed E-state index contributed by atoms with van der Waals surface area (Å²) in [5, 5.41) is 11.2. The van der Waals surface area contributed by atoms with Crippen molar-refractivity contribution in [1.29, 1.82) is 0 Å². The van der Waals surface area contributed by atoms with Crippen LogP contribution in [-0.4, -0.2) is 5.11 Å². The molecule has 3 unspecified atom stereocenters. The topological polar surface area (TPSA) is 20.2 Å². The van der Waals surface area contributed by atoms with Gasteiger partial charge >= 0.3 is 0 Å². The van der Waals surface area contributed by atoms with Crippen LogP contribution in [0.1, 0.15) is 44.8 Å². The van der Waals surface area contributed by atoms with E-state index in [4.69, 9.17) is 11.6 Å². The molecular weight excluding hydrogens is 312 g/mol. The zero-order chi connectivity index (χ0) is 13.3. The van der Waals surface area contributed by atoms with E-state index in [0.29, 0.717) is 22.8 Å². The predicted octanol–water partition coefficient (Wildman–Crippen LogP) is 5.21. The van der Waals surface area contributed by atoms with Crippen molar-refractivity contribution < 1.29 is 5.11 Å². The fraction of sp³-hybridized carbons (Fsp3) is 0.600. The van der Waals surface area contributed by atoms with Gasteiger partial charge in [0.05, 0.1) is 11.1 Å². The van der Waals surface area contributed by atoms with E-state index in [9.17, 15) is 5.11 Å². The van der Waals surface area contributed by atoms with Crippen LogP contribution in [0.2, 0.25) is 5.02 Å². The van der Waals surface area contributed by atoms with Gasteiger partial charge in [0.2, 0.25) is 0 Å². The van der Waals surface area contributed by atoms with E-state index >= 15 is 0 Å². The lowest BCUT2D eigenvalue weighted by atomic mass is 9.73. The van der Waals surface area contributed by atoms with E-state index in [-0.39, 0.29) is 6.10 Å². The number of hydrogen-bond acceptors (Lipinski definition) is 1. The van der Waals surface area contributed by atoms with Crippen LogP contribution in [0.5, 0.6) is 0 Å². The molecule has 1 nitrogen and oxygen atoms in total. The van der Waals surface area contributed by atoms with Crippen LogP contribution in [0.3, 0.4) is 0 Å². The molecule has 0 saturated heterocycles. The van der Waals surface area contributed by atoms with Crippen LogP contribution in [0.25, 0.3) is 0 Å². The Morgan fingerprint density at radius 2 is 1.83 bits per heavy atom. The van der Waals surface area contributed by atoms with E-state index in [2.05, 4.69) is 29.8 Å². The molecule has 1 N–H and O–H groups in total. The minimum absolute atomic E-state index is 0.362. The molecule has 3 atom stereocenters. The minimum Gasteiger partial charge on any atom is -0.388 e. The smallest absolute Gasteiger partial charge is 0.0818 e. The Balaban J connectivity index is 2.14. The summed E-state index contributed by atoms with van der Waals surface area (Å²) in [5.41, 5.74) is 0.939. The predicted molar refractivity (Wildman–Crippen MR) is 79.8 cm³/mol. The Morgan fingerprint density at radius 1 is 1.22 bits per heavy atom. The molecule has 1 aliphatic rings. The summed E-state index contributed by atoms with van der Waals surface area (Å²) < 4.78 is 0.880. The molecule has 2 rings (SSSR count). The third-order valence-electron chi connectivity index (χ3n) is 3.95. The molecule has 0 amide bonds. The van der Waals surface area contributed by atoms with Crippen molar-refractivity contribution in [2.45, 2.75) is 39.2 Å². The van der Waals surface area contributed by atoms with Crippen molar-refractivity contribution in [1.82, 2.24) is 0 Å². The van der Waals surface area contributed by atoms with E-state index in [0.717, 1.165) is 22.9 Å². The normalized spacial score (nSPS) is 30.2. The fourth-order valence-electron chi connectivity index (χ4n) is 3.24. The molecule has 0 radical (unpaired) electrons. The monoisotopic (exact) mass is 330 g/mol. The van der Waals surface area contributed by atoms with Crippen molar-refractivity contribution in [2.24, 2.45) is 17.8 Å². The summed E-state index contributed by atoms with van der Waals surface area (Å²) in [6, 6.07) is 5.75. The zero-order valence-electron chi connectivity index (χ0n) is 10.9. The second-order valence-corrected chi connectivity index (χ2v) is 7.06. The summed E-state index contributed by atoms with van der Waals surface area (Å²) in [6.45, 7) is 4.56. The van der Waals surface area contributed by atoms with Gasteiger partial charge < -0.3 is 5.11 Å². The summed E-state index contributed by atoms with van der Waals surface area (Å²) in [5.74, 6) is 1.78. The third kappa shape index (κ3) is 3.28. The lowest BCUT2D eigenvalue weighted by Crippen LogP contribution is -2.24. The minimum atomic E-state index is -0.388. The molecule has 0 spiro atoms. The lowest BCUT2D eigenvalue weighted by molar-refractivity contribution is 0.0552. The first-order valence-corrected chi connectivity index (χ1v) is 7.77. The largest absolute Gasteiger partial charge is 0.388 e. The van der Waals surface area contributed by atoms with Crippen LogP contribution >= 0.6 is 27.5 Å². The molecule has 0 bridgehead atoms. The first-order valence-electron chi connectivity index (χ1n) is 6.60. The van der Waals surface area contributed by atoms with Gasteiger partial charge in [-0.25, -0.2) is 0 Å². The molecular formula is C15H20BrClO. The Kier molecular flexibility index (Phi) is 4.74. The number of aliphatic hydroxyl groups is 1. The average Bonchev–Trinajstić information content (AvgIpc) is 2.30. The molecule has 1 aliphatic carbocycles. The molecule has 100 valence electrons. The molecule has 0 heterocycles. The molecule has 18 heavy (non-hydrogen) atoms. The van der Waals surface area contributed by atoms with Crippen molar-refractivity contribution in [3.05, 3.63) is 33.3 Å². The Labute approximate surface area is 123 Å². The first-order chi connectivity index (χ1) is 8.47. The highest BCUT2D eigenvalue weighted by Crippen LogP contribution is 2.40. The number of hydrogen-bond donors (Lipinski definition) is 1. The number of benzene rings is 1. The molecule has 1 aromatic carbocycles. The number of rotatable bonds is 2. The maximum Gasteiger partial charge on any atom is 0.0818 e. The molecule has 1 saturated carbocycles. The standard InChI is InChI=1S/C15H20BrClO/c1-9-5-10(2)7-12(6-9)15(18)11-3-4-13(16)14(17)8-11/h3-4,8-10,12,15,18H,5-7H2,1-2H3. The summed E-state index contributed by atoms with van der Waals surface area (Å²) in [7, 11) is 0. The van der Waals surface area contributed by atoms with Gasteiger partial charge in [0.1, 0.15) is 0 Å². The highest BCUT2D eigenvalue weighted by Gasteiger charge is 2.29. The van der Waals surface area contributed by atoms with E-state index in [1.54, 1.807) is 0 Å². The van der Waals surface area contributed by atoms with Crippen LogP contribution in [0.4, 0.5) is 0 Å². The van der Waals surface area contributed by atoms with Gasteiger partial charge in [-0.2, -0.15) is 0 Å². The van der Waals surface area contributed by atoms with Gasteiger partial charge in [-0.05, 0) is 70.6 Å². The van der Waals surface area contributed by atoms with Crippen LogP contribution in [0.15, 0.2) is 22.7 Å². The zero-order valence-corrected chi connectivity index (χ0v) is 13.2.